The first kappa shape index (κ1) is 13.3. The van der Waals surface area contributed by atoms with E-state index in [0.717, 1.165) is 18.4 Å². The highest BCUT2D eigenvalue weighted by atomic mass is 32.2. The summed E-state index contributed by atoms with van der Waals surface area (Å²) in [5.74, 6) is 0.332. The van der Waals surface area contributed by atoms with E-state index in [0.29, 0.717) is 5.92 Å². The first-order valence-electron chi connectivity index (χ1n) is 6.45. The molecule has 1 aromatic carbocycles. The fraction of sp³-hybridized carbons (Fsp3) is 0.500. The van der Waals surface area contributed by atoms with Crippen LogP contribution in [0.3, 0.4) is 0 Å². The van der Waals surface area contributed by atoms with E-state index in [1.54, 1.807) is 30.5 Å². The van der Waals surface area contributed by atoms with Crippen molar-refractivity contribution in [1.82, 2.24) is 0 Å². The molecule has 0 N–H and O–H groups in total. The molecule has 0 aliphatic heterocycles. The predicted molar refractivity (Wildman–Crippen MR) is 73.4 cm³/mol. The summed E-state index contributed by atoms with van der Waals surface area (Å²) in [6.07, 6.45) is 7.38. The Labute approximate surface area is 109 Å². The van der Waals surface area contributed by atoms with Gasteiger partial charge in [-0.25, -0.2) is 0 Å². The molecule has 0 bridgehead atoms. The molecule has 3 nitrogen and oxygen atoms in total. The van der Waals surface area contributed by atoms with Gasteiger partial charge < -0.3 is 0 Å². The van der Waals surface area contributed by atoms with Crippen LogP contribution in [0.4, 0.5) is 0 Å². The second kappa shape index (κ2) is 5.65. The van der Waals surface area contributed by atoms with Crippen LogP contribution in [-0.2, 0) is 10.0 Å². The van der Waals surface area contributed by atoms with E-state index < -0.39 is 10.0 Å². The zero-order valence-corrected chi connectivity index (χ0v) is 11.5. The summed E-state index contributed by atoms with van der Waals surface area (Å²) >= 11 is 0. The van der Waals surface area contributed by atoms with Gasteiger partial charge in [-0.15, -0.1) is 0 Å². The third kappa shape index (κ3) is 3.42. The van der Waals surface area contributed by atoms with Gasteiger partial charge in [-0.05, 0) is 37.8 Å². The molecule has 0 heterocycles. The molecule has 1 fully saturated rings. The number of hydrogen-bond donors (Lipinski definition) is 0. The van der Waals surface area contributed by atoms with Gasteiger partial charge in [0.2, 0.25) is 0 Å². The second-order valence-electron chi connectivity index (χ2n) is 4.94. The first-order valence-corrected chi connectivity index (χ1v) is 7.89. The maximum Gasteiger partial charge on any atom is 0.281 e. The summed E-state index contributed by atoms with van der Waals surface area (Å²) in [7, 11) is -3.51. The van der Waals surface area contributed by atoms with E-state index in [1.165, 1.54) is 19.3 Å². The summed E-state index contributed by atoms with van der Waals surface area (Å²) in [5.41, 5.74) is 1.05. The molecule has 4 heteroatoms. The molecule has 0 radical (unpaired) electrons. The van der Waals surface area contributed by atoms with Gasteiger partial charge in [0.15, 0.2) is 0 Å². The van der Waals surface area contributed by atoms with Crippen LogP contribution in [0.2, 0.25) is 0 Å². The summed E-state index contributed by atoms with van der Waals surface area (Å²) in [6.45, 7) is 1.93. The van der Waals surface area contributed by atoms with Crippen molar-refractivity contribution < 1.29 is 8.42 Å². The molecule has 0 aromatic heterocycles. The maximum atomic E-state index is 12.0. The van der Waals surface area contributed by atoms with Gasteiger partial charge in [-0.1, -0.05) is 37.0 Å². The summed E-state index contributed by atoms with van der Waals surface area (Å²) in [5, 5.41) is 0. The van der Waals surface area contributed by atoms with Crippen molar-refractivity contribution in [3.05, 3.63) is 29.8 Å². The fourth-order valence-corrected chi connectivity index (χ4v) is 3.15. The molecule has 1 aromatic rings. The van der Waals surface area contributed by atoms with Crippen LogP contribution in [0, 0.1) is 12.8 Å². The molecule has 0 atom stereocenters. The number of sulfonamides is 1. The minimum absolute atomic E-state index is 0.278. The van der Waals surface area contributed by atoms with Crippen LogP contribution in [-0.4, -0.2) is 14.6 Å². The lowest BCUT2D eigenvalue weighted by molar-refractivity contribution is 0.445. The quantitative estimate of drug-likeness (QED) is 0.787. The van der Waals surface area contributed by atoms with Crippen LogP contribution in [0.15, 0.2) is 33.6 Å². The van der Waals surface area contributed by atoms with Crippen LogP contribution in [0.25, 0.3) is 0 Å². The molecule has 1 aliphatic rings. The van der Waals surface area contributed by atoms with E-state index in [2.05, 4.69) is 4.40 Å². The topological polar surface area (TPSA) is 46.5 Å². The zero-order chi connectivity index (χ0) is 13.0. The number of aryl methyl sites for hydroxylation is 1. The average Bonchev–Trinajstić information content (AvgIpc) is 2.38. The van der Waals surface area contributed by atoms with Crippen molar-refractivity contribution in [2.45, 2.75) is 43.9 Å². The third-order valence-electron chi connectivity index (χ3n) is 3.38. The van der Waals surface area contributed by atoms with E-state index in [1.807, 2.05) is 6.92 Å². The Hall–Kier alpha value is -1.16. The first-order chi connectivity index (χ1) is 8.58. The SMILES string of the molecule is Cc1ccc(S(=O)(=O)/N=C/C2CCCCC2)cc1. The summed E-state index contributed by atoms with van der Waals surface area (Å²) in [6, 6.07) is 6.82. The average molecular weight is 265 g/mol. The Balaban J connectivity index is 2.11. The normalized spacial score (nSPS) is 18.3. The molecule has 0 unspecified atom stereocenters. The lowest BCUT2D eigenvalue weighted by Crippen LogP contribution is -2.09. The smallest absolute Gasteiger partial charge is 0.199 e. The van der Waals surface area contributed by atoms with E-state index in [-0.39, 0.29) is 4.90 Å². The Morgan fingerprint density at radius 2 is 1.72 bits per heavy atom. The molecule has 1 aliphatic carbocycles. The van der Waals surface area contributed by atoms with Crippen LogP contribution in [0.5, 0.6) is 0 Å². The molecule has 2 rings (SSSR count). The second-order valence-corrected chi connectivity index (χ2v) is 6.57. The zero-order valence-electron chi connectivity index (χ0n) is 10.7. The highest BCUT2D eigenvalue weighted by molar-refractivity contribution is 7.90. The Bertz CT molecular complexity index is 511. The highest BCUT2D eigenvalue weighted by Gasteiger charge is 2.15. The largest absolute Gasteiger partial charge is 0.281 e. The van der Waals surface area contributed by atoms with Crippen molar-refractivity contribution in [3.8, 4) is 0 Å². The third-order valence-corrected chi connectivity index (χ3v) is 4.65. The van der Waals surface area contributed by atoms with Crippen molar-refractivity contribution in [3.63, 3.8) is 0 Å². The lowest BCUT2D eigenvalue weighted by Gasteiger charge is -2.16. The van der Waals surface area contributed by atoms with Crippen molar-refractivity contribution >= 4 is 16.2 Å². The van der Waals surface area contributed by atoms with Crippen molar-refractivity contribution in [2.24, 2.45) is 10.3 Å². The molecular weight excluding hydrogens is 246 g/mol. The van der Waals surface area contributed by atoms with E-state index in [4.69, 9.17) is 0 Å². The Morgan fingerprint density at radius 3 is 2.33 bits per heavy atom. The molecule has 98 valence electrons. The Morgan fingerprint density at radius 1 is 1.11 bits per heavy atom. The van der Waals surface area contributed by atoms with Gasteiger partial charge >= 0.3 is 0 Å². The van der Waals surface area contributed by atoms with Gasteiger partial charge in [-0.3, -0.25) is 0 Å². The lowest BCUT2D eigenvalue weighted by atomic mass is 9.90. The van der Waals surface area contributed by atoms with Crippen molar-refractivity contribution in [2.75, 3.05) is 0 Å². The molecular formula is C14H19NO2S. The molecule has 0 saturated heterocycles. The van der Waals surface area contributed by atoms with Gasteiger partial charge in [0.05, 0.1) is 4.90 Å². The van der Waals surface area contributed by atoms with Gasteiger partial charge in [-0.2, -0.15) is 12.8 Å². The van der Waals surface area contributed by atoms with Crippen LogP contribution in [0.1, 0.15) is 37.7 Å². The minimum Gasteiger partial charge on any atom is -0.199 e. The summed E-state index contributed by atoms with van der Waals surface area (Å²) in [4.78, 5) is 0.278. The standard InChI is InChI=1S/C14H19NO2S/c1-12-7-9-14(10-8-12)18(16,17)15-11-13-5-3-2-4-6-13/h7-11,13H,2-6H2,1H3/b15-11+. The van der Waals surface area contributed by atoms with Gasteiger partial charge in [0, 0.05) is 6.21 Å². The fourth-order valence-electron chi connectivity index (χ4n) is 2.22. The van der Waals surface area contributed by atoms with E-state index in [9.17, 15) is 8.42 Å². The molecule has 0 spiro atoms. The number of benzene rings is 1. The van der Waals surface area contributed by atoms with E-state index >= 15 is 0 Å². The highest BCUT2D eigenvalue weighted by Crippen LogP contribution is 2.22. The monoisotopic (exact) mass is 265 g/mol. The number of rotatable bonds is 3. The van der Waals surface area contributed by atoms with Gasteiger partial charge in [0.25, 0.3) is 10.0 Å². The predicted octanol–water partition coefficient (Wildman–Crippen LogP) is 3.33. The Kier molecular flexibility index (Phi) is 4.17. The molecule has 1 saturated carbocycles. The van der Waals surface area contributed by atoms with Crippen molar-refractivity contribution in [1.29, 1.82) is 0 Å². The van der Waals surface area contributed by atoms with Crippen LogP contribution < -0.4 is 0 Å². The van der Waals surface area contributed by atoms with Gasteiger partial charge in [0.1, 0.15) is 0 Å². The number of nitrogens with zero attached hydrogens (tertiary/aromatic N) is 1. The molecule has 0 amide bonds. The molecule has 18 heavy (non-hydrogen) atoms. The van der Waals surface area contributed by atoms with Crippen LogP contribution >= 0.6 is 0 Å². The number of hydrogen-bond acceptors (Lipinski definition) is 2. The summed E-state index contributed by atoms with van der Waals surface area (Å²) < 4.78 is 27.8. The maximum absolute atomic E-state index is 12.0. The minimum atomic E-state index is -3.51.